The van der Waals surface area contributed by atoms with Crippen molar-refractivity contribution < 1.29 is 8.91 Å². The third-order valence-corrected chi connectivity index (χ3v) is 2.77. The third-order valence-electron chi connectivity index (χ3n) is 2.77. The molecule has 1 aromatic carbocycles. The van der Waals surface area contributed by atoms with Crippen molar-refractivity contribution in [2.75, 3.05) is 0 Å². The van der Waals surface area contributed by atoms with Gasteiger partial charge in [0.05, 0.1) is 6.54 Å². The van der Waals surface area contributed by atoms with E-state index in [0.717, 1.165) is 6.42 Å². The molecule has 0 fully saturated rings. The number of rotatable bonds is 5. The molecule has 0 saturated heterocycles. The average Bonchev–Trinajstić information content (AvgIpc) is 2.78. The fourth-order valence-electron chi connectivity index (χ4n) is 1.86. The van der Waals surface area contributed by atoms with Crippen molar-refractivity contribution in [3.63, 3.8) is 0 Å². The standard InChI is InChI=1S/C13H16FN3O/c1-3-12(10-6-4-5-7-11(10)14)15-8-13-16-9(2)18-17-13/h4-7,12,15H,3,8H2,1-2H3. The Balaban J connectivity index is 2.04. The van der Waals surface area contributed by atoms with Crippen LogP contribution in [0.1, 0.15) is 36.7 Å². The Morgan fingerprint density at radius 2 is 2.17 bits per heavy atom. The number of nitrogens with one attached hydrogen (secondary N) is 1. The van der Waals surface area contributed by atoms with Gasteiger partial charge in [0.2, 0.25) is 5.89 Å². The lowest BCUT2D eigenvalue weighted by molar-refractivity contribution is 0.382. The highest BCUT2D eigenvalue weighted by molar-refractivity contribution is 5.21. The van der Waals surface area contributed by atoms with Crippen molar-refractivity contribution >= 4 is 0 Å². The lowest BCUT2D eigenvalue weighted by Gasteiger charge is -2.16. The molecule has 2 rings (SSSR count). The average molecular weight is 249 g/mol. The van der Waals surface area contributed by atoms with E-state index in [1.165, 1.54) is 6.07 Å². The molecule has 0 amide bonds. The summed E-state index contributed by atoms with van der Waals surface area (Å²) >= 11 is 0. The molecule has 0 bridgehead atoms. The summed E-state index contributed by atoms with van der Waals surface area (Å²) < 4.78 is 18.6. The minimum absolute atomic E-state index is 0.0509. The first-order chi connectivity index (χ1) is 8.70. The fraction of sp³-hybridized carbons (Fsp3) is 0.385. The molecule has 0 radical (unpaired) electrons. The summed E-state index contributed by atoms with van der Waals surface area (Å²) in [5.41, 5.74) is 0.667. The molecule has 96 valence electrons. The van der Waals surface area contributed by atoms with E-state index in [1.54, 1.807) is 19.1 Å². The molecular weight excluding hydrogens is 233 g/mol. The van der Waals surface area contributed by atoms with Gasteiger partial charge in [-0.1, -0.05) is 30.3 Å². The molecule has 1 aromatic heterocycles. The lowest BCUT2D eigenvalue weighted by Crippen LogP contribution is -2.21. The van der Waals surface area contributed by atoms with E-state index in [1.807, 2.05) is 13.0 Å². The minimum atomic E-state index is -0.193. The summed E-state index contributed by atoms with van der Waals surface area (Å²) in [6, 6.07) is 6.73. The number of benzene rings is 1. The maximum absolute atomic E-state index is 13.7. The quantitative estimate of drug-likeness (QED) is 0.885. The predicted octanol–water partition coefficient (Wildman–Crippen LogP) is 2.76. The zero-order valence-corrected chi connectivity index (χ0v) is 10.5. The van der Waals surface area contributed by atoms with E-state index in [2.05, 4.69) is 15.5 Å². The van der Waals surface area contributed by atoms with Crippen LogP contribution in [0.15, 0.2) is 28.8 Å². The van der Waals surface area contributed by atoms with Crippen LogP contribution in [0.2, 0.25) is 0 Å². The van der Waals surface area contributed by atoms with Crippen molar-refractivity contribution in [2.24, 2.45) is 0 Å². The van der Waals surface area contributed by atoms with Crippen LogP contribution in [-0.2, 0) is 6.54 Å². The van der Waals surface area contributed by atoms with E-state index < -0.39 is 0 Å². The summed E-state index contributed by atoms with van der Waals surface area (Å²) in [4.78, 5) is 4.10. The second kappa shape index (κ2) is 5.73. The van der Waals surface area contributed by atoms with Crippen LogP contribution in [0.25, 0.3) is 0 Å². The van der Waals surface area contributed by atoms with Crippen molar-refractivity contribution in [3.8, 4) is 0 Å². The first-order valence-electron chi connectivity index (χ1n) is 5.97. The van der Waals surface area contributed by atoms with Gasteiger partial charge in [-0.05, 0) is 12.5 Å². The SMILES string of the molecule is CCC(NCc1noc(C)n1)c1ccccc1F. The second-order valence-electron chi connectivity index (χ2n) is 4.09. The molecule has 0 spiro atoms. The number of aryl methyl sites for hydroxylation is 1. The van der Waals surface area contributed by atoms with Gasteiger partial charge in [-0.2, -0.15) is 4.98 Å². The Hall–Kier alpha value is -1.75. The van der Waals surface area contributed by atoms with Crippen LogP contribution in [-0.4, -0.2) is 10.1 Å². The van der Waals surface area contributed by atoms with Crippen LogP contribution in [0.3, 0.4) is 0 Å². The number of halogens is 1. The van der Waals surface area contributed by atoms with Gasteiger partial charge in [-0.15, -0.1) is 0 Å². The Kier molecular flexibility index (Phi) is 4.04. The highest BCUT2D eigenvalue weighted by atomic mass is 19.1. The monoisotopic (exact) mass is 249 g/mol. The van der Waals surface area contributed by atoms with Crippen LogP contribution >= 0.6 is 0 Å². The second-order valence-corrected chi connectivity index (χ2v) is 4.09. The van der Waals surface area contributed by atoms with Crippen LogP contribution in [0.4, 0.5) is 4.39 Å². The molecular formula is C13H16FN3O. The molecule has 0 aliphatic carbocycles. The van der Waals surface area contributed by atoms with Gasteiger partial charge in [0.1, 0.15) is 5.82 Å². The molecule has 0 aliphatic rings. The van der Waals surface area contributed by atoms with Gasteiger partial charge in [0.25, 0.3) is 0 Å². The molecule has 18 heavy (non-hydrogen) atoms. The number of nitrogens with zero attached hydrogens (tertiary/aromatic N) is 2. The van der Waals surface area contributed by atoms with Gasteiger partial charge >= 0.3 is 0 Å². The van der Waals surface area contributed by atoms with Crippen molar-refractivity contribution in [1.29, 1.82) is 0 Å². The minimum Gasteiger partial charge on any atom is -0.340 e. The molecule has 1 atom stereocenters. The summed E-state index contributed by atoms with van der Waals surface area (Å²) in [6.07, 6.45) is 0.789. The van der Waals surface area contributed by atoms with Gasteiger partial charge in [0, 0.05) is 18.5 Å². The highest BCUT2D eigenvalue weighted by Gasteiger charge is 2.13. The molecule has 2 aromatic rings. The molecule has 0 aliphatic heterocycles. The zero-order chi connectivity index (χ0) is 13.0. The van der Waals surface area contributed by atoms with E-state index in [-0.39, 0.29) is 11.9 Å². The lowest BCUT2D eigenvalue weighted by atomic mass is 10.0. The number of hydrogen-bond acceptors (Lipinski definition) is 4. The van der Waals surface area contributed by atoms with Crippen LogP contribution in [0.5, 0.6) is 0 Å². The molecule has 4 nitrogen and oxygen atoms in total. The summed E-state index contributed by atoms with van der Waals surface area (Å²) in [5.74, 6) is 0.925. The Morgan fingerprint density at radius 1 is 1.39 bits per heavy atom. The van der Waals surface area contributed by atoms with Crippen LogP contribution < -0.4 is 5.32 Å². The molecule has 1 unspecified atom stereocenters. The smallest absolute Gasteiger partial charge is 0.223 e. The Labute approximate surface area is 105 Å². The number of hydrogen-bond donors (Lipinski definition) is 1. The Bertz CT molecular complexity index is 512. The topological polar surface area (TPSA) is 51.0 Å². The normalized spacial score (nSPS) is 12.6. The van der Waals surface area contributed by atoms with E-state index in [4.69, 9.17) is 4.52 Å². The van der Waals surface area contributed by atoms with Gasteiger partial charge in [-0.3, -0.25) is 0 Å². The first kappa shape index (κ1) is 12.7. The highest BCUT2D eigenvalue weighted by Crippen LogP contribution is 2.19. The van der Waals surface area contributed by atoms with Gasteiger partial charge in [0.15, 0.2) is 5.82 Å². The summed E-state index contributed by atoms with van der Waals surface area (Å²) in [5, 5.41) is 7.03. The van der Waals surface area contributed by atoms with E-state index >= 15 is 0 Å². The molecule has 1 heterocycles. The predicted molar refractivity (Wildman–Crippen MR) is 65.3 cm³/mol. The van der Waals surface area contributed by atoms with Gasteiger partial charge < -0.3 is 9.84 Å². The van der Waals surface area contributed by atoms with Crippen LogP contribution in [0, 0.1) is 12.7 Å². The molecule has 1 N–H and O–H groups in total. The van der Waals surface area contributed by atoms with Gasteiger partial charge in [-0.25, -0.2) is 4.39 Å². The first-order valence-corrected chi connectivity index (χ1v) is 5.97. The van der Waals surface area contributed by atoms with Crippen molar-refractivity contribution in [1.82, 2.24) is 15.5 Å². The maximum Gasteiger partial charge on any atom is 0.223 e. The zero-order valence-electron chi connectivity index (χ0n) is 10.5. The third kappa shape index (κ3) is 2.92. The summed E-state index contributed by atoms with van der Waals surface area (Å²) in [6.45, 7) is 4.21. The maximum atomic E-state index is 13.7. The van der Waals surface area contributed by atoms with Crippen molar-refractivity contribution in [2.45, 2.75) is 32.9 Å². The number of aromatic nitrogens is 2. The Morgan fingerprint density at radius 3 is 2.78 bits per heavy atom. The fourth-order valence-corrected chi connectivity index (χ4v) is 1.86. The summed E-state index contributed by atoms with van der Waals surface area (Å²) in [7, 11) is 0. The largest absolute Gasteiger partial charge is 0.340 e. The van der Waals surface area contributed by atoms with E-state index in [0.29, 0.717) is 23.8 Å². The molecule has 0 saturated carbocycles. The molecule has 5 heteroatoms. The van der Waals surface area contributed by atoms with E-state index in [9.17, 15) is 4.39 Å². The van der Waals surface area contributed by atoms with Crippen molar-refractivity contribution in [3.05, 3.63) is 47.4 Å².